The molecule has 1 aromatic carbocycles. The third-order valence-corrected chi connectivity index (χ3v) is 6.13. The first-order chi connectivity index (χ1) is 18.6. The molecule has 0 bridgehead atoms. The molecule has 210 valence electrons. The number of methoxy groups -OCH3 is 1. The molecule has 0 spiro atoms. The second kappa shape index (κ2) is 9.86. The van der Waals surface area contributed by atoms with Crippen molar-refractivity contribution in [2.75, 3.05) is 12.0 Å². The van der Waals surface area contributed by atoms with Crippen LogP contribution in [-0.4, -0.2) is 49.6 Å². The standard InChI is InChI=1S/C29H34N6O5/c1-16-11-12-20(38-10)17(2)22(16)34-23-19(14-31-24-21(23)32-15-33(24)9)18(13-30)25(34)35(26(36)39-28(3,4)5)27(37)40-29(6,7)8/h11-12,14-15H,1-10H3. The van der Waals surface area contributed by atoms with Gasteiger partial charge in [0, 0.05) is 24.2 Å². The zero-order chi connectivity index (χ0) is 29.7. The van der Waals surface area contributed by atoms with Crippen molar-refractivity contribution < 1.29 is 23.8 Å². The number of carbonyl (C=O) groups is 2. The van der Waals surface area contributed by atoms with E-state index in [0.717, 1.165) is 16.0 Å². The molecule has 0 aliphatic rings. The number of aryl methyl sites for hydroxylation is 2. The summed E-state index contributed by atoms with van der Waals surface area (Å²) in [6.07, 6.45) is 1.17. The smallest absolute Gasteiger partial charge is 0.425 e. The molecule has 0 atom stereocenters. The van der Waals surface area contributed by atoms with Gasteiger partial charge >= 0.3 is 12.2 Å². The maximum atomic E-state index is 13.8. The lowest BCUT2D eigenvalue weighted by Gasteiger charge is -2.30. The zero-order valence-corrected chi connectivity index (χ0v) is 24.5. The molecule has 4 aromatic rings. The molecular weight excluding hydrogens is 512 g/mol. The van der Waals surface area contributed by atoms with Gasteiger partial charge in [-0.2, -0.15) is 10.2 Å². The number of carbonyl (C=O) groups excluding carboxylic acids is 2. The number of amides is 2. The summed E-state index contributed by atoms with van der Waals surface area (Å²) in [6.45, 7) is 13.9. The van der Waals surface area contributed by atoms with Gasteiger partial charge in [0.15, 0.2) is 11.5 Å². The highest BCUT2D eigenvalue weighted by atomic mass is 16.6. The summed E-state index contributed by atoms with van der Waals surface area (Å²) in [5.41, 5.74) is 1.81. The Bertz CT molecular complexity index is 1670. The summed E-state index contributed by atoms with van der Waals surface area (Å²) in [7, 11) is 3.37. The van der Waals surface area contributed by atoms with E-state index in [0.29, 0.717) is 33.5 Å². The third-order valence-electron chi connectivity index (χ3n) is 6.13. The van der Waals surface area contributed by atoms with E-state index in [2.05, 4.69) is 16.0 Å². The van der Waals surface area contributed by atoms with Crippen molar-refractivity contribution in [3.63, 3.8) is 0 Å². The van der Waals surface area contributed by atoms with E-state index < -0.39 is 23.4 Å². The Morgan fingerprint density at radius 3 is 2.12 bits per heavy atom. The molecule has 0 unspecified atom stereocenters. The van der Waals surface area contributed by atoms with Crippen LogP contribution in [-0.2, 0) is 16.5 Å². The normalized spacial score (nSPS) is 11.9. The number of hydrogen-bond acceptors (Lipinski definition) is 8. The molecule has 0 saturated carbocycles. The number of ether oxygens (including phenoxy) is 3. The third kappa shape index (κ3) is 4.93. The van der Waals surface area contributed by atoms with Gasteiger partial charge in [-0.15, -0.1) is 0 Å². The average molecular weight is 547 g/mol. The number of fused-ring (bicyclic) bond motifs is 3. The fourth-order valence-corrected chi connectivity index (χ4v) is 4.59. The number of imidazole rings is 1. The van der Waals surface area contributed by atoms with E-state index >= 15 is 0 Å². The Kier molecular flexibility index (Phi) is 7.01. The predicted octanol–water partition coefficient (Wildman–Crippen LogP) is 6.09. The van der Waals surface area contributed by atoms with Crippen LogP contribution in [0, 0.1) is 25.2 Å². The first-order valence-electron chi connectivity index (χ1n) is 12.7. The second-order valence-electron chi connectivity index (χ2n) is 11.5. The molecule has 2 amide bonds. The molecule has 0 radical (unpaired) electrons. The molecule has 4 rings (SSSR count). The van der Waals surface area contributed by atoms with Crippen molar-refractivity contribution in [3.8, 4) is 17.5 Å². The summed E-state index contributed by atoms with van der Waals surface area (Å²) >= 11 is 0. The first kappa shape index (κ1) is 28.4. The minimum absolute atomic E-state index is 0.0355. The Balaban J connectivity index is 2.25. The van der Waals surface area contributed by atoms with Crippen molar-refractivity contribution >= 4 is 40.1 Å². The Hall–Kier alpha value is -4.59. The SMILES string of the molecule is COc1ccc(C)c(-n2c(N(C(=O)OC(C)(C)C)C(=O)OC(C)(C)C)c(C#N)c3cnc4c(ncn4C)c32)c1C. The maximum Gasteiger partial charge on any atom is 0.425 e. The summed E-state index contributed by atoms with van der Waals surface area (Å²) in [4.78, 5) is 37.5. The Labute approximate surface area is 232 Å². The number of pyridine rings is 1. The Morgan fingerprint density at radius 2 is 1.60 bits per heavy atom. The van der Waals surface area contributed by atoms with E-state index in [-0.39, 0.29) is 11.4 Å². The summed E-state index contributed by atoms with van der Waals surface area (Å²) in [5, 5.41) is 10.9. The lowest BCUT2D eigenvalue weighted by molar-refractivity contribution is 0.0428. The van der Waals surface area contributed by atoms with Crippen LogP contribution >= 0.6 is 0 Å². The van der Waals surface area contributed by atoms with Crippen molar-refractivity contribution in [1.82, 2.24) is 19.1 Å². The number of nitriles is 1. The van der Waals surface area contributed by atoms with Gasteiger partial charge in [0.2, 0.25) is 0 Å². The molecule has 3 aromatic heterocycles. The molecule has 0 fully saturated rings. The van der Waals surface area contributed by atoms with E-state index in [4.69, 9.17) is 14.2 Å². The van der Waals surface area contributed by atoms with E-state index in [1.807, 2.05) is 33.0 Å². The topological polar surface area (TPSA) is 124 Å². The Morgan fingerprint density at radius 1 is 1.00 bits per heavy atom. The van der Waals surface area contributed by atoms with Crippen LogP contribution in [0.5, 0.6) is 5.75 Å². The van der Waals surface area contributed by atoms with Crippen LogP contribution in [0.25, 0.3) is 27.8 Å². The summed E-state index contributed by atoms with van der Waals surface area (Å²) in [5.74, 6) is 0.541. The van der Waals surface area contributed by atoms with Gasteiger partial charge in [0.05, 0.1) is 24.6 Å². The van der Waals surface area contributed by atoms with Gasteiger partial charge in [0.25, 0.3) is 0 Å². The molecule has 0 saturated heterocycles. The summed E-state index contributed by atoms with van der Waals surface area (Å²) < 4.78 is 20.4. The highest BCUT2D eigenvalue weighted by Gasteiger charge is 2.39. The van der Waals surface area contributed by atoms with Gasteiger partial charge in [-0.1, -0.05) is 6.07 Å². The highest BCUT2D eigenvalue weighted by molar-refractivity contribution is 6.15. The van der Waals surface area contributed by atoms with Gasteiger partial charge in [-0.25, -0.2) is 19.6 Å². The molecule has 0 aliphatic carbocycles. The van der Waals surface area contributed by atoms with Crippen LogP contribution in [0.4, 0.5) is 15.4 Å². The van der Waals surface area contributed by atoms with Crippen LogP contribution < -0.4 is 9.64 Å². The van der Waals surface area contributed by atoms with Crippen LogP contribution in [0.3, 0.4) is 0 Å². The lowest BCUT2D eigenvalue weighted by atomic mass is 10.1. The molecule has 11 heteroatoms. The van der Waals surface area contributed by atoms with Crippen molar-refractivity contribution in [2.24, 2.45) is 7.05 Å². The fraction of sp³-hybridized carbons (Fsp3) is 0.414. The summed E-state index contributed by atoms with van der Waals surface area (Å²) in [6, 6.07) is 5.90. The van der Waals surface area contributed by atoms with Crippen molar-refractivity contribution in [2.45, 2.75) is 66.6 Å². The minimum atomic E-state index is -0.995. The number of imide groups is 1. The van der Waals surface area contributed by atoms with Crippen LogP contribution in [0.15, 0.2) is 24.7 Å². The quantitative estimate of drug-likeness (QED) is 0.302. The van der Waals surface area contributed by atoms with Crippen LogP contribution in [0.2, 0.25) is 0 Å². The second-order valence-corrected chi connectivity index (χ2v) is 11.5. The van der Waals surface area contributed by atoms with E-state index in [1.165, 1.54) is 0 Å². The molecule has 11 nitrogen and oxygen atoms in total. The highest BCUT2D eigenvalue weighted by Crippen LogP contribution is 2.42. The molecule has 0 N–H and O–H groups in total. The zero-order valence-electron chi connectivity index (χ0n) is 24.5. The predicted molar refractivity (Wildman–Crippen MR) is 151 cm³/mol. The van der Waals surface area contributed by atoms with Gasteiger partial charge in [-0.05, 0) is 67.0 Å². The number of aromatic nitrogens is 4. The monoisotopic (exact) mass is 546 g/mol. The molecular formula is C29H34N6O5. The first-order valence-corrected chi connectivity index (χ1v) is 12.7. The minimum Gasteiger partial charge on any atom is -0.496 e. The maximum absolute atomic E-state index is 13.8. The molecule has 3 heterocycles. The largest absolute Gasteiger partial charge is 0.496 e. The van der Waals surface area contributed by atoms with Gasteiger partial charge < -0.3 is 18.8 Å². The average Bonchev–Trinajstić information content (AvgIpc) is 3.35. The van der Waals surface area contributed by atoms with Crippen LogP contribution in [0.1, 0.15) is 58.2 Å². The lowest BCUT2D eigenvalue weighted by Crippen LogP contribution is -2.45. The number of rotatable bonds is 3. The molecule has 0 aliphatic heterocycles. The number of hydrogen-bond donors (Lipinski definition) is 0. The van der Waals surface area contributed by atoms with E-state index in [1.54, 1.807) is 70.3 Å². The number of anilines is 1. The van der Waals surface area contributed by atoms with Gasteiger partial charge in [0.1, 0.15) is 34.1 Å². The molecule has 40 heavy (non-hydrogen) atoms. The number of benzene rings is 1. The van der Waals surface area contributed by atoms with Gasteiger partial charge in [-0.3, -0.25) is 4.57 Å². The fourth-order valence-electron chi connectivity index (χ4n) is 4.59. The van der Waals surface area contributed by atoms with E-state index in [9.17, 15) is 14.9 Å². The van der Waals surface area contributed by atoms with Crippen molar-refractivity contribution in [3.05, 3.63) is 41.3 Å². The van der Waals surface area contributed by atoms with Crippen molar-refractivity contribution in [1.29, 1.82) is 5.26 Å². The number of nitrogens with zero attached hydrogens (tertiary/aromatic N) is 6.